The van der Waals surface area contributed by atoms with E-state index in [0.29, 0.717) is 70.8 Å². The number of likely N-dealkylation sites (tertiary alicyclic amines) is 1. The molecule has 0 spiro atoms. The highest BCUT2D eigenvalue weighted by atomic mass is 16.5. The van der Waals surface area contributed by atoms with Gasteiger partial charge >= 0.3 is 0 Å². The fraction of sp³-hybridized carbons (Fsp3) is 0.692. The highest BCUT2D eigenvalue weighted by Gasteiger charge is 2.41. The maximum absolute atomic E-state index is 13.5. The van der Waals surface area contributed by atoms with Crippen LogP contribution >= 0.6 is 0 Å². The fourth-order valence-corrected chi connectivity index (χ4v) is 5.38. The van der Waals surface area contributed by atoms with E-state index >= 15 is 0 Å². The topological polar surface area (TPSA) is 104 Å². The number of hydrogen-bond donors (Lipinski definition) is 1. The first-order valence-electron chi connectivity index (χ1n) is 13.1. The Balaban J connectivity index is 1.51. The third kappa shape index (κ3) is 6.53. The number of ether oxygens (including phenoxy) is 2. The number of piperidine rings is 1. The summed E-state index contributed by atoms with van der Waals surface area (Å²) < 4.78 is 11.4. The van der Waals surface area contributed by atoms with Crippen molar-refractivity contribution in [2.45, 2.75) is 58.2 Å². The van der Waals surface area contributed by atoms with Crippen molar-refractivity contribution < 1.29 is 23.9 Å². The van der Waals surface area contributed by atoms with Gasteiger partial charge in [0.05, 0.1) is 19.3 Å². The van der Waals surface area contributed by atoms with E-state index in [4.69, 9.17) is 9.47 Å². The molecule has 1 N–H and O–H groups in total. The zero-order valence-electron chi connectivity index (χ0n) is 21.6. The first-order chi connectivity index (χ1) is 17.3. The van der Waals surface area contributed by atoms with Crippen molar-refractivity contribution in [2.24, 2.45) is 5.92 Å². The first kappa shape index (κ1) is 26.3. The van der Waals surface area contributed by atoms with E-state index in [0.717, 1.165) is 12.8 Å². The lowest BCUT2D eigenvalue weighted by atomic mass is 9.95. The maximum Gasteiger partial charge on any atom is 0.270 e. The smallest absolute Gasteiger partial charge is 0.270 e. The second kappa shape index (κ2) is 12.0. The zero-order chi connectivity index (χ0) is 25.7. The van der Waals surface area contributed by atoms with Crippen molar-refractivity contribution in [3.63, 3.8) is 0 Å². The molecule has 4 aliphatic heterocycles. The van der Waals surface area contributed by atoms with E-state index in [1.165, 1.54) is 0 Å². The van der Waals surface area contributed by atoms with E-state index < -0.39 is 0 Å². The van der Waals surface area contributed by atoms with Gasteiger partial charge < -0.3 is 24.6 Å². The van der Waals surface area contributed by atoms with Gasteiger partial charge in [-0.15, -0.1) is 0 Å². The molecule has 198 valence electrons. The standard InChI is InChI=1S/C26H39N5O5/c1-18(2)31-17-21-15-23(31)26(34)29-9-7-20(8-10-29)16-30(19(3)32)11-12-35-13-14-36-24-6-4-5-22(28-24)25(33)27-21/h4-6,18,20-21,23H,7-17H2,1-3H3,(H,27,33)/t21-,23-/m0/s1. The number of rotatable bonds is 1. The van der Waals surface area contributed by atoms with Crippen LogP contribution < -0.4 is 10.1 Å². The molecule has 2 fully saturated rings. The molecule has 36 heavy (non-hydrogen) atoms. The van der Waals surface area contributed by atoms with E-state index in [-0.39, 0.29) is 41.5 Å². The van der Waals surface area contributed by atoms with Crippen molar-refractivity contribution in [1.29, 1.82) is 0 Å². The van der Waals surface area contributed by atoms with Gasteiger partial charge in [0.15, 0.2) is 0 Å². The Morgan fingerprint density at radius 2 is 1.86 bits per heavy atom. The molecule has 5 heterocycles. The molecule has 1 aromatic rings. The van der Waals surface area contributed by atoms with Gasteiger partial charge in [0.25, 0.3) is 5.91 Å². The molecular formula is C26H39N5O5. The van der Waals surface area contributed by atoms with Crippen LogP contribution in [0.15, 0.2) is 18.2 Å². The molecule has 3 amide bonds. The molecule has 10 heteroatoms. The van der Waals surface area contributed by atoms with Crippen LogP contribution in [0.2, 0.25) is 0 Å². The molecule has 2 saturated heterocycles. The van der Waals surface area contributed by atoms with Gasteiger partial charge in [0.2, 0.25) is 17.7 Å². The van der Waals surface area contributed by atoms with Gasteiger partial charge in [-0.3, -0.25) is 19.3 Å². The molecule has 0 unspecified atom stereocenters. The van der Waals surface area contributed by atoms with Crippen molar-refractivity contribution in [2.75, 3.05) is 52.5 Å². The summed E-state index contributed by atoms with van der Waals surface area (Å²) in [5.41, 5.74) is 0.282. The molecule has 6 bridgehead atoms. The van der Waals surface area contributed by atoms with Gasteiger partial charge in [-0.25, -0.2) is 4.98 Å². The van der Waals surface area contributed by atoms with Gasteiger partial charge in [-0.1, -0.05) is 6.07 Å². The molecule has 2 atom stereocenters. The number of hydrogen-bond acceptors (Lipinski definition) is 7. The number of nitrogens with zero attached hydrogens (tertiary/aromatic N) is 4. The van der Waals surface area contributed by atoms with Crippen LogP contribution in [0.5, 0.6) is 5.88 Å². The minimum atomic E-state index is -0.269. The maximum atomic E-state index is 13.5. The summed E-state index contributed by atoms with van der Waals surface area (Å²) in [6, 6.07) is 4.90. The molecule has 4 aliphatic rings. The van der Waals surface area contributed by atoms with E-state index in [9.17, 15) is 14.4 Å². The summed E-state index contributed by atoms with van der Waals surface area (Å²) in [5.74, 6) is 0.624. The molecule has 1 aromatic heterocycles. The van der Waals surface area contributed by atoms with Gasteiger partial charge in [0, 0.05) is 57.8 Å². The number of pyridine rings is 1. The molecule has 0 saturated carbocycles. The zero-order valence-corrected chi connectivity index (χ0v) is 21.6. The molecule has 10 nitrogen and oxygen atoms in total. The summed E-state index contributed by atoms with van der Waals surface area (Å²) in [4.78, 5) is 49.0. The monoisotopic (exact) mass is 501 g/mol. The van der Waals surface area contributed by atoms with Crippen molar-refractivity contribution >= 4 is 17.7 Å². The van der Waals surface area contributed by atoms with Crippen LogP contribution in [-0.4, -0.2) is 108 Å². The second-order valence-corrected chi connectivity index (χ2v) is 10.3. The summed E-state index contributed by atoms with van der Waals surface area (Å²) in [6.07, 6.45) is 2.33. The lowest BCUT2D eigenvalue weighted by Crippen LogP contribution is -2.51. The Morgan fingerprint density at radius 1 is 1.08 bits per heavy atom. The third-order valence-corrected chi connectivity index (χ3v) is 7.41. The van der Waals surface area contributed by atoms with Gasteiger partial charge in [0.1, 0.15) is 12.3 Å². The highest BCUT2D eigenvalue weighted by molar-refractivity contribution is 5.92. The van der Waals surface area contributed by atoms with Crippen LogP contribution in [0.3, 0.4) is 0 Å². The average Bonchev–Trinajstić information content (AvgIpc) is 3.29. The Labute approximate surface area is 213 Å². The number of fused-ring (bicyclic) bond motifs is 10. The third-order valence-electron chi connectivity index (χ3n) is 7.41. The number of carbonyl (C=O) groups excluding carboxylic acids is 3. The Bertz CT molecular complexity index is 933. The largest absolute Gasteiger partial charge is 0.475 e. The summed E-state index contributed by atoms with van der Waals surface area (Å²) in [5, 5.41) is 3.08. The normalized spacial score (nSPS) is 26.9. The number of nitrogens with one attached hydrogen (secondary N) is 1. The first-order valence-corrected chi connectivity index (χ1v) is 13.1. The summed E-state index contributed by atoms with van der Waals surface area (Å²) >= 11 is 0. The molecule has 0 radical (unpaired) electrons. The van der Waals surface area contributed by atoms with Crippen LogP contribution in [0.4, 0.5) is 0 Å². The molecule has 0 aromatic carbocycles. The Kier molecular flexibility index (Phi) is 8.79. The van der Waals surface area contributed by atoms with Gasteiger partial charge in [-0.2, -0.15) is 0 Å². The van der Waals surface area contributed by atoms with Crippen molar-refractivity contribution in [3.05, 3.63) is 23.9 Å². The van der Waals surface area contributed by atoms with Crippen LogP contribution in [-0.2, 0) is 14.3 Å². The number of aromatic nitrogens is 1. The minimum absolute atomic E-state index is 0.0366. The Hall–Kier alpha value is -2.72. The van der Waals surface area contributed by atoms with Crippen molar-refractivity contribution in [1.82, 2.24) is 25.0 Å². The SMILES string of the molecule is CC(=O)N1CCOCCOc2cccc(n2)C(=O)N[C@H]2C[C@@H](C(=O)N3CCC(CC3)C1)N(C(C)C)C2. The minimum Gasteiger partial charge on any atom is -0.475 e. The van der Waals surface area contributed by atoms with Crippen LogP contribution in [0.1, 0.15) is 50.5 Å². The number of amides is 3. The van der Waals surface area contributed by atoms with E-state index in [2.05, 4.69) is 29.0 Å². The predicted molar refractivity (Wildman–Crippen MR) is 134 cm³/mol. The van der Waals surface area contributed by atoms with E-state index in [1.54, 1.807) is 25.1 Å². The molecule has 5 rings (SSSR count). The van der Waals surface area contributed by atoms with E-state index in [1.807, 2.05) is 9.80 Å². The molecule has 0 aliphatic carbocycles. The quantitative estimate of drug-likeness (QED) is 0.576. The average molecular weight is 502 g/mol. The predicted octanol–water partition coefficient (Wildman–Crippen LogP) is 1.16. The lowest BCUT2D eigenvalue weighted by Gasteiger charge is -2.37. The lowest BCUT2D eigenvalue weighted by molar-refractivity contribution is -0.139. The van der Waals surface area contributed by atoms with Gasteiger partial charge in [-0.05, 0) is 45.1 Å². The van der Waals surface area contributed by atoms with Crippen LogP contribution in [0, 0.1) is 5.92 Å². The fourth-order valence-electron chi connectivity index (χ4n) is 5.38. The second-order valence-electron chi connectivity index (χ2n) is 10.3. The van der Waals surface area contributed by atoms with Crippen molar-refractivity contribution in [3.8, 4) is 5.88 Å². The highest BCUT2D eigenvalue weighted by Crippen LogP contribution is 2.26. The van der Waals surface area contributed by atoms with Crippen LogP contribution in [0.25, 0.3) is 0 Å². The number of carbonyl (C=O) groups is 3. The Morgan fingerprint density at radius 3 is 2.58 bits per heavy atom. The summed E-state index contributed by atoms with van der Waals surface area (Å²) in [7, 11) is 0. The summed E-state index contributed by atoms with van der Waals surface area (Å²) in [6.45, 7) is 10.1. The molecular weight excluding hydrogens is 462 g/mol.